The van der Waals surface area contributed by atoms with E-state index in [1.807, 2.05) is 12.1 Å². The van der Waals surface area contributed by atoms with Gasteiger partial charge < -0.3 is 10.7 Å². The minimum Gasteiger partial charge on any atom is -0.384 e. The Morgan fingerprint density at radius 1 is 1.26 bits per heavy atom. The number of benzene rings is 2. The van der Waals surface area contributed by atoms with Gasteiger partial charge in [0.05, 0.1) is 11.0 Å². The quantitative estimate of drug-likeness (QED) is 0.307. The first-order chi connectivity index (χ1) is 16.3. The minimum absolute atomic E-state index is 0.0456. The third kappa shape index (κ3) is 5.03. The second kappa shape index (κ2) is 10.3. The van der Waals surface area contributed by atoms with Gasteiger partial charge >= 0.3 is 0 Å². The fourth-order valence-electron chi connectivity index (χ4n) is 5.49. The van der Waals surface area contributed by atoms with Gasteiger partial charge in [0.15, 0.2) is 0 Å². The van der Waals surface area contributed by atoms with E-state index in [4.69, 9.17) is 22.7 Å². The van der Waals surface area contributed by atoms with Crippen LogP contribution in [0.2, 0.25) is 5.02 Å². The number of aryl methyl sites for hydroxylation is 1. The average Bonchev–Trinajstić information content (AvgIpc) is 2.80. The van der Waals surface area contributed by atoms with Crippen molar-refractivity contribution in [2.75, 3.05) is 0 Å². The molecule has 0 aliphatic carbocycles. The zero-order valence-electron chi connectivity index (χ0n) is 20.2. The smallest absolute Gasteiger partial charge is 0.274 e. The van der Waals surface area contributed by atoms with Crippen molar-refractivity contribution in [3.63, 3.8) is 0 Å². The summed E-state index contributed by atoms with van der Waals surface area (Å²) >= 11 is 6.58. The van der Waals surface area contributed by atoms with Crippen LogP contribution in [0.3, 0.4) is 0 Å². The summed E-state index contributed by atoms with van der Waals surface area (Å²) in [5, 5.41) is 8.32. The van der Waals surface area contributed by atoms with E-state index in [0.29, 0.717) is 51.0 Å². The lowest BCUT2D eigenvalue weighted by Crippen LogP contribution is -2.48. The van der Waals surface area contributed by atoms with Crippen molar-refractivity contribution in [2.24, 2.45) is 5.73 Å². The Bertz CT molecular complexity index is 1240. The number of piperidine rings is 1. The van der Waals surface area contributed by atoms with Gasteiger partial charge in [0.2, 0.25) is 0 Å². The number of nitrogens with one attached hydrogen (secondary N) is 2. The molecule has 2 heterocycles. The number of aromatic nitrogens is 2. The fraction of sp³-hybridized carbons (Fsp3) is 0.444. The Hall–Kier alpha value is -2.70. The number of fused-ring (bicyclic) bond motifs is 1. The molecule has 3 atom stereocenters. The largest absolute Gasteiger partial charge is 0.384 e. The number of likely N-dealkylation sites (tertiary alicyclic amines) is 1. The molecule has 1 saturated heterocycles. The maximum atomic E-state index is 13.0. The molecule has 0 saturated carbocycles. The summed E-state index contributed by atoms with van der Waals surface area (Å²) in [7, 11) is 0. The van der Waals surface area contributed by atoms with Crippen LogP contribution in [0.15, 0.2) is 41.2 Å². The highest BCUT2D eigenvalue weighted by atomic mass is 35.5. The number of nitrogen functional groups attached to an aromatic ring is 1. The van der Waals surface area contributed by atoms with Crippen LogP contribution in [0.4, 0.5) is 0 Å². The lowest BCUT2D eigenvalue weighted by molar-refractivity contribution is 0.0580. The summed E-state index contributed by atoms with van der Waals surface area (Å²) in [5.74, 6) is -0.0456. The number of aromatic amines is 1. The van der Waals surface area contributed by atoms with Crippen LogP contribution in [-0.4, -0.2) is 38.8 Å². The number of nitrogens with zero attached hydrogens (tertiary/aromatic N) is 2. The SMILES string of the molecule is CC(CCCc1c(Cl)ccc2nc(-c3cccc(C(=N)N)c3)c(=O)[nH]c12)N1C(C)CCCC1C. The van der Waals surface area contributed by atoms with E-state index in [1.54, 1.807) is 24.3 Å². The van der Waals surface area contributed by atoms with Crippen molar-refractivity contribution in [1.29, 1.82) is 5.41 Å². The van der Waals surface area contributed by atoms with E-state index in [0.717, 1.165) is 24.8 Å². The Kier molecular flexibility index (Phi) is 7.39. The van der Waals surface area contributed by atoms with E-state index in [9.17, 15) is 4.79 Å². The number of halogens is 1. The predicted molar refractivity (Wildman–Crippen MR) is 141 cm³/mol. The van der Waals surface area contributed by atoms with Crippen molar-refractivity contribution < 1.29 is 0 Å². The summed E-state index contributed by atoms with van der Waals surface area (Å²) in [5.41, 5.74) is 9.19. The molecule has 7 heteroatoms. The molecule has 1 fully saturated rings. The molecule has 0 spiro atoms. The first-order valence-corrected chi connectivity index (χ1v) is 12.6. The zero-order valence-corrected chi connectivity index (χ0v) is 21.0. The number of nitrogens with two attached hydrogens (primary N) is 1. The number of hydrogen-bond donors (Lipinski definition) is 3. The summed E-state index contributed by atoms with van der Waals surface area (Å²) in [4.78, 5) is 23.3. The molecule has 34 heavy (non-hydrogen) atoms. The van der Waals surface area contributed by atoms with Crippen LogP contribution in [-0.2, 0) is 6.42 Å². The van der Waals surface area contributed by atoms with Crippen LogP contribution in [0.1, 0.15) is 64.0 Å². The summed E-state index contributed by atoms with van der Waals surface area (Å²) in [6.45, 7) is 7.01. The first-order valence-electron chi connectivity index (χ1n) is 12.2. The number of amidine groups is 1. The van der Waals surface area contributed by atoms with Crippen molar-refractivity contribution in [2.45, 2.75) is 77.4 Å². The number of hydrogen-bond acceptors (Lipinski definition) is 4. The molecule has 0 radical (unpaired) electrons. The molecule has 6 nitrogen and oxygen atoms in total. The number of rotatable bonds is 7. The van der Waals surface area contributed by atoms with E-state index in [-0.39, 0.29) is 11.4 Å². The van der Waals surface area contributed by atoms with Gasteiger partial charge in [0.25, 0.3) is 5.56 Å². The molecule has 4 N–H and O–H groups in total. The van der Waals surface area contributed by atoms with Crippen LogP contribution in [0.25, 0.3) is 22.3 Å². The molecule has 2 aromatic carbocycles. The molecular weight excluding hydrogens is 446 g/mol. The van der Waals surface area contributed by atoms with Gasteiger partial charge in [0.1, 0.15) is 11.5 Å². The van der Waals surface area contributed by atoms with Crippen LogP contribution < -0.4 is 11.3 Å². The third-order valence-electron chi connectivity index (χ3n) is 7.19. The Balaban J connectivity index is 1.57. The Morgan fingerprint density at radius 3 is 2.71 bits per heavy atom. The zero-order chi connectivity index (χ0) is 24.4. The summed E-state index contributed by atoms with van der Waals surface area (Å²) < 4.78 is 0. The minimum atomic E-state index is -0.277. The van der Waals surface area contributed by atoms with E-state index >= 15 is 0 Å². The van der Waals surface area contributed by atoms with Gasteiger partial charge in [-0.2, -0.15) is 0 Å². The molecule has 1 aliphatic heterocycles. The van der Waals surface area contributed by atoms with Gasteiger partial charge in [0, 0.05) is 34.3 Å². The van der Waals surface area contributed by atoms with Crippen molar-refractivity contribution in [3.8, 4) is 11.3 Å². The maximum Gasteiger partial charge on any atom is 0.274 e. The van der Waals surface area contributed by atoms with Gasteiger partial charge in [-0.25, -0.2) is 4.98 Å². The summed E-state index contributed by atoms with van der Waals surface area (Å²) in [6, 6.07) is 12.5. The maximum absolute atomic E-state index is 13.0. The van der Waals surface area contributed by atoms with Gasteiger partial charge in [-0.15, -0.1) is 0 Å². The van der Waals surface area contributed by atoms with Crippen molar-refractivity contribution >= 4 is 28.5 Å². The van der Waals surface area contributed by atoms with Gasteiger partial charge in [-0.3, -0.25) is 15.1 Å². The highest BCUT2D eigenvalue weighted by Gasteiger charge is 2.28. The van der Waals surface area contributed by atoms with Crippen molar-refractivity contribution in [1.82, 2.24) is 14.9 Å². The highest BCUT2D eigenvalue weighted by Crippen LogP contribution is 2.29. The number of H-pyrrole nitrogens is 1. The standard InChI is InChI=1S/C27H34ClN5O/c1-16-7-4-8-17(2)33(16)18(3)9-5-12-21-22(28)13-14-23-25(21)32-27(34)24(31-23)19-10-6-11-20(15-19)26(29)30/h6,10-11,13-18H,4-5,7-9,12H2,1-3H3,(H3,29,30)(H,32,34). The van der Waals surface area contributed by atoms with Gasteiger partial charge in [-0.1, -0.05) is 36.2 Å². The fourth-order valence-corrected chi connectivity index (χ4v) is 5.75. The lowest BCUT2D eigenvalue weighted by Gasteiger charge is -2.43. The summed E-state index contributed by atoms with van der Waals surface area (Å²) in [6.07, 6.45) is 6.71. The van der Waals surface area contributed by atoms with Crippen LogP contribution in [0, 0.1) is 5.41 Å². The second-order valence-electron chi connectivity index (χ2n) is 9.65. The Morgan fingerprint density at radius 2 is 2.00 bits per heavy atom. The van der Waals surface area contributed by atoms with Crippen LogP contribution in [0.5, 0.6) is 0 Å². The lowest BCUT2D eigenvalue weighted by atomic mass is 9.93. The van der Waals surface area contributed by atoms with E-state index in [1.165, 1.54) is 19.3 Å². The van der Waals surface area contributed by atoms with Crippen molar-refractivity contribution in [3.05, 3.63) is 62.9 Å². The monoisotopic (exact) mass is 479 g/mol. The third-order valence-corrected chi connectivity index (χ3v) is 7.54. The molecule has 4 rings (SSSR count). The first kappa shape index (κ1) is 24.4. The van der Waals surface area contributed by atoms with E-state index in [2.05, 4.69) is 35.6 Å². The van der Waals surface area contributed by atoms with E-state index < -0.39 is 0 Å². The molecular formula is C27H34ClN5O. The average molecular weight is 480 g/mol. The molecule has 0 amide bonds. The topological polar surface area (TPSA) is 98.9 Å². The normalized spacial score (nSPS) is 19.9. The molecule has 3 unspecified atom stereocenters. The van der Waals surface area contributed by atoms with Crippen LogP contribution >= 0.6 is 11.6 Å². The second-order valence-corrected chi connectivity index (χ2v) is 10.1. The predicted octanol–water partition coefficient (Wildman–Crippen LogP) is 5.50. The highest BCUT2D eigenvalue weighted by molar-refractivity contribution is 6.32. The molecule has 0 bridgehead atoms. The molecule has 1 aliphatic rings. The molecule has 1 aromatic heterocycles. The molecule has 180 valence electrons. The Labute approximate surface area is 206 Å². The van der Waals surface area contributed by atoms with Gasteiger partial charge in [-0.05, 0) is 76.6 Å². The molecule has 3 aromatic rings.